The lowest BCUT2D eigenvalue weighted by molar-refractivity contribution is -0.737. The molecule has 4 atom stereocenters. The number of ether oxygens (including phenoxy) is 4. The Morgan fingerprint density at radius 1 is 1.16 bits per heavy atom. The van der Waals surface area contributed by atoms with Gasteiger partial charge in [-0.1, -0.05) is 17.8 Å². The highest BCUT2D eigenvalue weighted by molar-refractivity contribution is 8.09. The van der Waals surface area contributed by atoms with E-state index in [1.807, 2.05) is 0 Å². The molecule has 2 aliphatic heterocycles. The number of thioether (sulfide) groups is 2. The van der Waals surface area contributed by atoms with Gasteiger partial charge in [0.1, 0.15) is 43.1 Å². The first-order valence-electron chi connectivity index (χ1n) is 14.0. The van der Waals surface area contributed by atoms with Crippen LogP contribution in [0.25, 0.3) is 5.95 Å². The molecule has 1 spiro atoms. The average Bonchev–Trinajstić information content (AvgIpc) is 3.80. The van der Waals surface area contributed by atoms with E-state index in [0.717, 1.165) is 11.8 Å². The van der Waals surface area contributed by atoms with E-state index in [0.29, 0.717) is 0 Å². The van der Waals surface area contributed by atoms with Crippen molar-refractivity contribution in [3.8, 4) is 11.7 Å². The number of hydrogen-bond acceptors (Lipinski definition) is 18. The van der Waals surface area contributed by atoms with Crippen molar-refractivity contribution in [1.29, 1.82) is 0 Å². The molecule has 20 heteroatoms. The minimum Gasteiger partial charge on any atom is -0.605 e. The van der Waals surface area contributed by atoms with E-state index in [9.17, 15) is 19.2 Å². The molecule has 0 bridgehead atoms. The Morgan fingerprint density at radius 2 is 2.00 bits per heavy atom. The number of nitrogens with two attached hydrogens (primary N) is 2. The standard InChI is InChI=1S/C25H27N10O8S2/c1-40-18(38)14-4-2-6-34(10-14)22-28-20(26)30-24(31-22)44-12-16(37)41-8-9-42-19(39)17-25(45-17)32-21(27)29-23(33-25)35-7-3-5-15(11-35)43-13-36/h2-7,10-11,17,21,23,29,32-33H,8-9,12,27H2,1H3,(H2,26,28,30,31)/q+1/i/hD2. The van der Waals surface area contributed by atoms with Crippen LogP contribution >= 0.6 is 23.5 Å². The van der Waals surface area contributed by atoms with E-state index >= 15 is 0 Å². The average molecular weight is 662 g/mol. The topological polar surface area (TPSA) is 240 Å². The first-order valence-corrected chi connectivity index (χ1v) is 14.8. The van der Waals surface area contributed by atoms with Crippen LogP contribution in [0.4, 0.5) is 5.95 Å². The molecule has 3 aromatic heterocycles. The maximum atomic E-state index is 12.8. The number of pyridine rings is 2. The smallest absolute Gasteiger partial charge is 0.443 e. The molecule has 236 valence electrons. The Kier molecular flexibility index (Phi) is 9.16. The predicted octanol–water partition coefficient (Wildman–Crippen LogP) is -2.62. The second-order valence-electron chi connectivity index (χ2n) is 9.11. The van der Waals surface area contributed by atoms with Crippen LogP contribution in [-0.2, 0) is 28.6 Å². The normalized spacial score (nSPS) is 22.4. The summed E-state index contributed by atoms with van der Waals surface area (Å²) in [5.74, 6) is -1.70. The number of rotatable bonds is 14. The van der Waals surface area contributed by atoms with Crippen LogP contribution in [0.3, 0.4) is 0 Å². The Labute approximate surface area is 266 Å². The highest BCUT2D eigenvalue weighted by Gasteiger charge is 2.65. The Hall–Kier alpha value is -4.47. The molecule has 0 aromatic carbocycles. The summed E-state index contributed by atoms with van der Waals surface area (Å²) in [6.45, 7) is 0.962. The van der Waals surface area contributed by atoms with Crippen molar-refractivity contribution >= 4 is 53.9 Å². The largest absolute Gasteiger partial charge is 0.605 e. The van der Waals surface area contributed by atoms with Crippen LogP contribution in [-0.4, -0.2) is 81.9 Å². The summed E-state index contributed by atoms with van der Waals surface area (Å²) in [5.41, 5.74) is 4.66. The lowest BCUT2D eigenvalue weighted by Crippen LogP contribution is -2.75. The Bertz CT molecular complexity index is 1650. The van der Waals surface area contributed by atoms with E-state index in [4.69, 9.17) is 21.8 Å². The predicted molar refractivity (Wildman–Crippen MR) is 153 cm³/mol. The Balaban J connectivity index is 1.09. The highest BCUT2D eigenvalue weighted by atomic mass is 32.2. The van der Waals surface area contributed by atoms with Crippen LogP contribution in [0, 0.1) is 0 Å². The van der Waals surface area contributed by atoms with Gasteiger partial charge in [-0.2, -0.15) is 9.55 Å². The molecule has 45 heavy (non-hydrogen) atoms. The van der Waals surface area contributed by atoms with Gasteiger partial charge >= 0.3 is 29.8 Å². The van der Waals surface area contributed by atoms with Crippen molar-refractivity contribution in [3.05, 3.63) is 54.6 Å². The number of nitrogens with zero attached hydrogens (tertiary/aromatic N) is 5. The van der Waals surface area contributed by atoms with Gasteiger partial charge in [0, 0.05) is 5.75 Å². The SMILES string of the molecule is [2H]Nc1nc(SCC(=O)OCCOC(=O)C2SC23NC(N[2H])NC([n+]2cccc(O[C-]=O)c2)N3)nc(-[n+]2cccc(C(=O)OC)c2)n1. The number of carbonyl (C=O) groups is 3. The van der Waals surface area contributed by atoms with Crippen molar-refractivity contribution in [1.82, 2.24) is 30.9 Å². The van der Waals surface area contributed by atoms with Crippen molar-refractivity contribution < 1.29 is 50.1 Å². The van der Waals surface area contributed by atoms with Crippen LogP contribution in [0.1, 0.15) is 16.6 Å². The number of esters is 3. The number of anilines is 1. The first-order chi connectivity index (χ1) is 22.8. The lowest BCUT2D eigenvalue weighted by Gasteiger charge is -2.33. The number of carbonyl (C=O) groups excluding carboxylic acids is 4. The minimum absolute atomic E-state index is 0.0870. The summed E-state index contributed by atoms with van der Waals surface area (Å²) in [5, 5.41) is 8.84. The zero-order chi connectivity index (χ0) is 33.4. The fourth-order valence-corrected chi connectivity index (χ4v) is 5.78. The van der Waals surface area contributed by atoms with Gasteiger partial charge in [-0.25, -0.2) is 20.0 Å². The van der Waals surface area contributed by atoms with E-state index < -0.39 is 40.7 Å². The van der Waals surface area contributed by atoms with E-state index in [-0.39, 0.29) is 47.3 Å². The van der Waals surface area contributed by atoms with Crippen molar-refractivity contribution in [3.63, 3.8) is 0 Å². The first kappa shape index (κ1) is 29.3. The third-order valence-corrected chi connectivity index (χ3v) is 8.27. The Morgan fingerprint density at radius 3 is 2.80 bits per heavy atom. The second kappa shape index (κ2) is 14.1. The molecule has 0 saturated carbocycles. The molecular weight excluding hydrogens is 632 g/mol. The molecular formula is C25H27N10O8S2+. The van der Waals surface area contributed by atoms with Crippen LogP contribution in [0.2, 0.25) is 2.82 Å². The molecule has 2 aliphatic rings. The van der Waals surface area contributed by atoms with Gasteiger partial charge in [-0.15, -0.1) is 11.8 Å². The van der Waals surface area contributed by atoms with Crippen LogP contribution in [0.5, 0.6) is 5.75 Å². The highest BCUT2D eigenvalue weighted by Crippen LogP contribution is 2.51. The molecule has 2 fully saturated rings. The fraction of sp³-hybridized carbons (Fsp3) is 0.320. The zero-order valence-corrected chi connectivity index (χ0v) is 24.9. The van der Waals surface area contributed by atoms with Gasteiger partial charge in [-0.05, 0) is 28.2 Å². The van der Waals surface area contributed by atoms with Gasteiger partial charge in [0.2, 0.25) is 0 Å². The zero-order valence-electron chi connectivity index (χ0n) is 25.3. The number of nitrogens with one attached hydrogen (secondary N) is 3. The summed E-state index contributed by atoms with van der Waals surface area (Å²) in [7, 11) is 1.26. The van der Waals surface area contributed by atoms with Crippen molar-refractivity contribution in [2.45, 2.75) is 28.0 Å². The monoisotopic (exact) mass is 661 g/mol. The van der Waals surface area contributed by atoms with E-state index in [1.54, 1.807) is 41.2 Å². The fourth-order valence-electron chi connectivity index (χ4n) is 4.09. The third-order valence-electron chi connectivity index (χ3n) is 6.08. The molecule has 4 unspecified atom stereocenters. The molecule has 7 N–H and O–H groups in total. The summed E-state index contributed by atoms with van der Waals surface area (Å²) in [4.78, 5) is 59.1. The summed E-state index contributed by atoms with van der Waals surface area (Å²) >= 11 is 2.17. The molecule has 0 aliphatic carbocycles. The quantitative estimate of drug-likeness (QED) is 0.0226. The third kappa shape index (κ3) is 7.98. The number of hydrogen-bond donors (Lipinski definition) is 5. The molecule has 0 amide bonds. The second-order valence-corrected chi connectivity index (χ2v) is 11.4. The number of methoxy groups -OCH3 is 1. The van der Waals surface area contributed by atoms with Crippen molar-refractivity contribution in [2.24, 2.45) is 5.73 Å². The minimum atomic E-state index is -0.964. The lowest BCUT2D eigenvalue weighted by atomic mass is 10.3. The molecule has 5 rings (SSSR count). The molecule has 0 radical (unpaired) electrons. The van der Waals surface area contributed by atoms with Crippen LogP contribution < -0.4 is 41.3 Å². The van der Waals surface area contributed by atoms with Gasteiger partial charge in [-0.3, -0.25) is 14.9 Å². The summed E-state index contributed by atoms with van der Waals surface area (Å²) in [6.07, 6.45) is 4.96. The van der Waals surface area contributed by atoms with Gasteiger partial charge in [0.15, 0.2) is 14.1 Å². The summed E-state index contributed by atoms with van der Waals surface area (Å²) < 4.78 is 38.1. The van der Waals surface area contributed by atoms with E-state index in [2.05, 4.69) is 42.4 Å². The van der Waals surface area contributed by atoms with Crippen molar-refractivity contribution in [2.75, 3.05) is 31.8 Å². The molecule has 5 heterocycles. The number of nitrogen functional groups attached to an aromatic ring is 1. The molecule has 2 saturated heterocycles. The van der Waals surface area contributed by atoms with Gasteiger partial charge in [0.05, 0.1) is 25.1 Å². The van der Waals surface area contributed by atoms with E-state index in [1.165, 1.54) is 42.3 Å². The maximum Gasteiger partial charge on any atom is 0.443 e. The van der Waals surface area contributed by atoms with Gasteiger partial charge in [0.25, 0.3) is 11.4 Å². The van der Waals surface area contributed by atoms with Gasteiger partial charge < -0.3 is 35.2 Å². The molecule has 18 nitrogen and oxygen atoms in total. The number of aromatic nitrogens is 5. The maximum absolute atomic E-state index is 12.8. The van der Waals surface area contributed by atoms with Crippen LogP contribution in [0.15, 0.2) is 54.2 Å². The molecule has 3 aromatic rings. The summed E-state index contributed by atoms with van der Waals surface area (Å²) in [6, 6.07) is 6.37.